The van der Waals surface area contributed by atoms with Crippen LogP contribution in [0.4, 0.5) is 8.78 Å². The number of piperazine rings is 1. The third kappa shape index (κ3) is 4.49. The van der Waals surface area contributed by atoms with Crippen molar-refractivity contribution in [2.45, 2.75) is 23.8 Å². The molecule has 2 aromatic rings. The van der Waals surface area contributed by atoms with Crippen molar-refractivity contribution in [1.82, 2.24) is 14.1 Å². The van der Waals surface area contributed by atoms with Gasteiger partial charge in [-0.05, 0) is 36.6 Å². The van der Waals surface area contributed by atoms with Crippen molar-refractivity contribution in [1.29, 1.82) is 0 Å². The number of rotatable bonds is 5. The number of carbonyl (C=O) groups is 1. The Labute approximate surface area is 181 Å². The molecule has 1 atom stereocenters. The summed E-state index contributed by atoms with van der Waals surface area (Å²) in [6.07, 6.45) is 1.97. The number of amides is 1. The van der Waals surface area contributed by atoms with Crippen LogP contribution in [-0.4, -0.2) is 67.7 Å². The molecule has 0 saturated carbocycles. The van der Waals surface area contributed by atoms with Crippen molar-refractivity contribution in [2.24, 2.45) is 0 Å². The Morgan fingerprint density at radius 1 is 0.871 bits per heavy atom. The Hall–Kier alpha value is -2.36. The van der Waals surface area contributed by atoms with Crippen LogP contribution in [0.15, 0.2) is 53.4 Å². The minimum Gasteiger partial charge on any atom is -0.341 e. The maximum atomic E-state index is 14.1. The first-order valence-electron chi connectivity index (χ1n) is 10.4. The zero-order valence-corrected chi connectivity index (χ0v) is 17.9. The summed E-state index contributed by atoms with van der Waals surface area (Å²) in [6.45, 7) is 2.28. The van der Waals surface area contributed by atoms with Gasteiger partial charge in [-0.3, -0.25) is 9.69 Å². The predicted molar refractivity (Wildman–Crippen MR) is 112 cm³/mol. The van der Waals surface area contributed by atoms with Gasteiger partial charge in [0.25, 0.3) is 0 Å². The molecular formula is C22H25F2N3O3S. The third-order valence-electron chi connectivity index (χ3n) is 5.92. The highest BCUT2D eigenvalue weighted by molar-refractivity contribution is 7.89. The smallest absolute Gasteiger partial charge is 0.246 e. The van der Waals surface area contributed by atoms with Crippen LogP contribution in [0.1, 0.15) is 24.4 Å². The molecule has 2 saturated heterocycles. The molecule has 2 aliphatic rings. The number of nitrogens with zero attached hydrogens (tertiary/aromatic N) is 3. The Kier molecular flexibility index (Phi) is 6.36. The number of likely N-dealkylation sites (tertiary alicyclic amines) is 1. The van der Waals surface area contributed by atoms with Gasteiger partial charge in [-0.2, -0.15) is 4.31 Å². The highest BCUT2D eigenvalue weighted by Crippen LogP contribution is 2.28. The summed E-state index contributed by atoms with van der Waals surface area (Å²) in [6, 6.07) is 11.4. The molecule has 6 nitrogen and oxygen atoms in total. The largest absolute Gasteiger partial charge is 0.341 e. The lowest BCUT2D eigenvalue weighted by atomic mass is 10.0. The number of benzene rings is 2. The Bertz CT molecular complexity index is 1040. The molecule has 1 unspecified atom stereocenters. The van der Waals surface area contributed by atoms with Crippen LogP contribution in [-0.2, 0) is 14.8 Å². The van der Waals surface area contributed by atoms with Crippen LogP contribution >= 0.6 is 0 Å². The molecule has 0 bridgehead atoms. The second kappa shape index (κ2) is 9.02. The van der Waals surface area contributed by atoms with Gasteiger partial charge in [0.05, 0.1) is 0 Å². The van der Waals surface area contributed by atoms with E-state index in [1.54, 1.807) is 0 Å². The van der Waals surface area contributed by atoms with E-state index in [0.717, 1.165) is 47.9 Å². The maximum Gasteiger partial charge on any atom is 0.246 e. The minimum absolute atomic E-state index is 0.0242. The van der Waals surface area contributed by atoms with Crippen molar-refractivity contribution in [3.8, 4) is 0 Å². The van der Waals surface area contributed by atoms with Crippen LogP contribution in [0.2, 0.25) is 0 Å². The molecule has 9 heteroatoms. The van der Waals surface area contributed by atoms with Gasteiger partial charge in [0.15, 0.2) is 0 Å². The molecule has 2 fully saturated rings. The molecule has 2 heterocycles. The van der Waals surface area contributed by atoms with E-state index in [1.807, 2.05) is 40.1 Å². The van der Waals surface area contributed by atoms with Crippen LogP contribution < -0.4 is 0 Å². The van der Waals surface area contributed by atoms with E-state index >= 15 is 0 Å². The predicted octanol–water partition coefficient (Wildman–Crippen LogP) is 2.63. The van der Waals surface area contributed by atoms with Gasteiger partial charge in [0, 0.05) is 39.3 Å². The SMILES string of the molecule is O=C(C(c1ccccc1)N1CCN(S(=O)(=O)c2cc(F)ccc2F)CC1)N1CCCC1. The highest BCUT2D eigenvalue weighted by atomic mass is 32.2. The first kappa shape index (κ1) is 21.9. The molecule has 31 heavy (non-hydrogen) atoms. The maximum absolute atomic E-state index is 14.1. The molecule has 0 aromatic heterocycles. The van der Waals surface area contributed by atoms with Crippen molar-refractivity contribution >= 4 is 15.9 Å². The first-order valence-corrected chi connectivity index (χ1v) is 11.8. The third-order valence-corrected chi connectivity index (χ3v) is 7.83. The van der Waals surface area contributed by atoms with Crippen LogP contribution in [0, 0.1) is 11.6 Å². The summed E-state index contributed by atoms with van der Waals surface area (Å²) in [7, 11) is -4.17. The van der Waals surface area contributed by atoms with Crippen molar-refractivity contribution in [3.63, 3.8) is 0 Å². The zero-order valence-electron chi connectivity index (χ0n) is 17.1. The monoisotopic (exact) mass is 449 g/mol. The highest BCUT2D eigenvalue weighted by Gasteiger charge is 2.37. The molecular weight excluding hydrogens is 424 g/mol. The number of hydrogen-bond acceptors (Lipinski definition) is 4. The van der Waals surface area contributed by atoms with Gasteiger partial charge in [0.2, 0.25) is 15.9 Å². The summed E-state index contributed by atoms with van der Waals surface area (Å²) in [5.74, 6) is -1.76. The van der Waals surface area contributed by atoms with E-state index in [2.05, 4.69) is 0 Å². The average Bonchev–Trinajstić information content (AvgIpc) is 3.32. The number of sulfonamides is 1. The van der Waals surface area contributed by atoms with E-state index in [1.165, 1.54) is 0 Å². The van der Waals surface area contributed by atoms with Crippen LogP contribution in [0.5, 0.6) is 0 Å². The molecule has 0 aliphatic carbocycles. The molecule has 2 aliphatic heterocycles. The molecule has 2 aromatic carbocycles. The first-order chi connectivity index (χ1) is 14.9. The zero-order chi connectivity index (χ0) is 22.0. The van der Waals surface area contributed by atoms with Crippen molar-refractivity contribution in [2.75, 3.05) is 39.3 Å². The van der Waals surface area contributed by atoms with E-state index in [-0.39, 0.29) is 19.0 Å². The van der Waals surface area contributed by atoms with Crippen LogP contribution in [0.3, 0.4) is 0 Å². The van der Waals surface area contributed by atoms with E-state index in [0.29, 0.717) is 19.2 Å². The normalized spacial score (nSPS) is 19.5. The fourth-order valence-corrected chi connectivity index (χ4v) is 5.77. The molecule has 0 N–H and O–H groups in total. The molecule has 0 spiro atoms. The Morgan fingerprint density at radius 3 is 2.16 bits per heavy atom. The Balaban J connectivity index is 1.54. The van der Waals surface area contributed by atoms with Crippen molar-refractivity contribution in [3.05, 3.63) is 65.7 Å². The second-order valence-corrected chi connectivity index (χ2v) is 9.77. The van der Waals surface area contributed by atoms with Gasteiger partial charge < -0.3 is 4.90 Å². The number of hydrogen-bond donors (Lipinski definition) is 0. The van der Waals surface area contributed by atoms with Crippen molar-refractivity contribution < 1.29 is 22.0 Å². The lowest BCUT2D eigenvalue weighted by Gasteiger charge is -2.39. The van der Waals surface area contributed by atoms with Crippen LogP contribution in [0.25, 0.3) is 0 Å². The Morgan fingerprint density at radius 2 is 1.52 bits per heavy atom. The van der Waals surface area contributed by atoms with Gasteiger partial charge >= 0.3 is 0 Å². The topological polar surface area (TPSA) is 60.9 Å². The van der Waals surface area contributed by atoms with Gasteiger partial charge in [-0.25, -0.2) is 17.2 Å². The van der Waals surface area contributed by atoms with Gasteiger partial charge in [-0.1, -0.05) is 30.3 Å². The summed E-state index contributed by atoms with van der Waals surface area (Å²) in [4.78, 5) is 16.5. The fourth-order valence-electron chi connectivity index (χ4n) is 4.27. The summed E-state index contributed by atoms with van der Waals surface area (Å²) >= 11 is 0. The summed E-state index contributed by atoms with van der Waals surface area (Å²) in [5.41, 5.74) is 0.867. The number of carbonyl (C=O) groups excluding carboxylic acids is 1. The second-order valence-electron chi connectivity index (χ2n) is 7.86. The number of halogens is 2. The summed E-state index contributed by atoms with van der Waals surface area (Å²) in [5, 5.41) is 0. The minimum atomic E-state index is -4.17. The molecule has 1 amide bonds. The van der Waals surface area contributed by atoms with Gasteiger partial charge in [-0.15, -0.1) is 0 Å². The lowest BCUT2D eigenvalue weighted by molar-refractivity contribution is -0.136. The standard InChI is InChI=1S/C22H25F2N3O3S/c23-18-8-9-19(24)20(16-18)31(29,30)27-14-12-25(13-15-27)21(17-6-2-1-3-7-17)22(28)26-10-4-5-11-26/h1-3,6-9,16,21H,4-5,10-15H2. The molecule has 0 radical (unpaired) electrons. The van der Waals surface area contributed by atoms with E-state index in [4.69, 9.17) is 0 Å². The summed E-state index contributed by atoms with van der Waals surface area (Å²) < 4.78 is 54.5. The lowest BCUT2D eigenvalue weighted by Crippen LogP contribution is -2.52. The van der Waals surface area contributed by atoms with E-state index in [9.17, 15) is 22.0 Å². The van der Waals surface area contributed by atoms with E-state index < -0.39 is 32.6 Å². The fraction of sp³-hybridized carbons (Fsp3) is 0.409. The quantitative estimate of drug-likeness (QED) is 0.704. The molecule has 166 valence electrons. The average molecular weight is 450 g/mol. The van der Waals surface area contributed by atoms with Gasteiger partial charge in [0.1, 0.15) is 22.6 Å². The molecule has 4 rings (SSSR count).